The minimum absolute atomic E-state index is 0.0153. The summed E-state index contributed by atoms with van der Waals surface area (Å²) in [5.41, 5.74) is 4.82. The zero-order chi connectivity index (χ0) is 21.5. The number of ether oxygens (including phenoxy) is 1. The molecule has 3 aromatic rings. The van der Waals surface area contributed by atoms with Gasteiger partial charge in [-0.2, -0.15) is 5.10 Å². The molecule has 3 aromatic carbocycles. The third kappa shape index (κ3) is 5.55. The number of non-ortho nitro benzene ring substituents is 1. The molecule has 0 amide bonds. The number of hydrogen-bond acceptors (Lipinski definition) is 6. The summed E-state index contributed by atoms with van der Waals surface area (Å²) in [5.74, 6) is -0.512. The first-order chi connectivity index (χ1) is 14.4. The van der Waals surface area contributed by atoms with Crippen LogP contribution in [0.3, 0.4) is 0 Å². The molecule has 0 aliphatic carbocycles. The first-order valence-corrected chi connectivity index (χ1v) is 9.08. The predicted molar refractivity (Wildman–Crippen MR) is 113 cm³/mol. The first kappa shape index (κ1) is 20.8. The summed E-state index contributed by atoms with van der Waals surface area (Å²) in [6.07, 6.45) is 1.56. The summed E-state index contributed by atoms with van der Waals surface area (Å²) in [4.78, 5) is 21.4. The lowest BCUT2D eigenvalue weighted by molar-refractivity contribution is -0.384. The van der Waals surface area contributed by atoms with Gasteiger partial charge in [0.05, 0.1) is 27.4 Å². The van der Waals surface area contributed by atoms with E-state index in [1.54, 1.807) is 42.6 Å². The van der Waals surface area contributed by atoms with Crippen LogP contribution in [0, 0.1) is 10.1 Å². The summed E-state index contributed by atoms with van der Waals surface area (Å²) >= 11 is 5.84. The average Bonchev–Trinajstić information content (AvgIpc) is 2.74. The number of carboxylic acid groups (broad SMARTS) is 1. The fourth-order valence-electron chi connectivity index (χ4n) is 2.51. The van der Waals surface area contributed by atoms with Gasteiger partial charge in [0.1, 0.15) is 12.4 Å². The van der Waals surface area contributed by atoms with Crippen molar-refractivity contribution in [2.24, 2.45) is 5.10 Å². The number of nitro benzene ring substituents is 1. The number of benzene rings is 3. The molecule has 9 heteroatoms. The van der Waals surface area contributed by atoms with E-state index < -0.39 is 10.9 Å². The zero-order valence-electron chi connectivity index (χ0n) is 15.5. The second kappa shape index (κ2) is 9.53. The molecule has 152 valence electrons. The van der Waals surface area contributed by atoms with E-state index in [1.807, 2.05) is 6.07 Å². The van der Waals surface area contributed by atoms with Gasteiger partial charge < -0.3 is 9.84 Å². The Balaban J connectivity index is 1.60. The summed E-state index contributed by atoms with van der Waals surface area (Å²) in [5, 5.41) is 24.0. The molecule has 0 aromatic heterocycles. The van der Waals surface area contributed by atoms with Gasteiger partial charge in [0.2, 0.25) is 0 Å². The summed E-state index contributed by atoms with van der Waals surface area (Å²) < 4.78 is 5.72. The highest BCUT2D eigenvalue weighted by atomic mass is 35.5. The molecular weight excluding hydrogens is 410 g/mol. The van der Waals surface area contributed by atoms with Gasteiger partial charge in [-0.05, 0) is 53.6 Å². The Morgan fingerprint density at radius 1 is 1.17 bits per heavy atom. The standard InChI is InChI=1S/C21H16ClN3O5/c22-20-9-6-16(11-19(20)21(26)27)24-23-12-15-2-1-3-18(10-15)30-13-14-4-7-17(8-5-14)25(28)29/h1-12,24H,13H2,(H,26,27)/b23-12+. The maximum absolute atomic E-state index is 11.1. The van der Waals surface area contributed by atoms with Crippen molar-refractivity contribution in [2.75, 3.05) is 5.43 Å². The van der Waals surface area contributed by atoms with Gasteiger partial charge in [0.15, 0.2) is 0 Å². The Morgan fingerprint density at radius 3 is 2.63 bits per heavy atom. The molecule has 2 N–H and O–H groups in total. The van der Waals surface area contributed by atoms with Crippen LogP contribution in [0.25, 0.3) is 0 Å². The molecule has 0 bridgehead atoms. The van der Waals surface area contributed by atoms with E-state index in [4.69, 9.17) is 21.4 Å². The van der Waals surface area contributed by atoms with E-state index in [-0.39, 0.29) is 22.9 Å². The molecule has 0 saturated heterocycles. The number of halogens is 1. The summed E-state index contributed by atoms with van der Waals surface area (Å²) in [6.45, 7) is 0.263. The second-order valence-electron chi connectivity index (χ2n) is 6.15. The quantitative estimate of drug-likeness (QED) is 0.299. The SMILES string of the molecule is O=C(O)c1cc(N/N=C/c2cccc(OCc3ccc([N+](=O)[O-])cc3)c2)ccc1Cl. The van der Waals surface area contributed by atoms with E-state index in [0.717, 1.165) is 11.1 Å². The molecule has 0 saturated carbocycles. The van der Waals surface area contributed by atoms with Crippen LogP contribution in [0.1, 0.15) is 21.5 Å². The molecule has 8 nitrogen and oxygen atoms in total. The van der Waals surface area contributed by atoms with Crippen LogP contribution < -0.4 is 10.2 Å². The molecule has 0 atom stereocenters. The van der Waals surface area contributed by atoms with E-state index in [0.29, 0.717) is 11.4 Å². The number of carboxylic acids is 1. The van der Waals surface area contributed by atoms with Gasteiger partial charge in [-0.1, -0.05) is 23.7 Å². The zero-order valence-corrected chi connectivity index (χ0v) is 16.2. The molecule has 0 aliphatic rings. The largest absolute Gasteiger partial charge is 0.489 e. The lowest BCUT2D eigenvalue weighted by Gasteiger charge is -2.07. The van der Waals surface area contributed by atoms with Crippen LogP contribution in [-0.2, 0) is 6.61 Å². The Kier molecular flexibility index (Phi) is 6.61. The molecule has 0 spiro atoms. The first-order valence-electron chi connectivity index (χ1n) is 8.70. The highest BCUT2D eigenvalue weighted by molar-refractivity contribution is 6.33. The third-order valence-corrected chi connectivity index (χ3v) is 4.34. The van der Waals surface area contributed by atoms with Gasteiger partial charge in [0.25, 0.3) is 5.69 Å². The van der Waals surface area contributed by atoms with Gasteiger partial charge >= 0.3 is 5.97 Å². The van der Waals surface area contributed by atoms with Crippen molar-refractivity contribution in [1.82, 2.24) is 0 Å². The molecule has 0 fully saturated rings. The van der Waals surface area contributed by atoms with Crippen molar-refractivity contribution >= 4 is 35.2 Å². The van der Waals surface area contributed by atoms with Crippen LogP contribution in [0.5, 0.6) is 5.75 Å². The van der Waals surface area contributed by atoms with Crippen molar-refractivity contribution in [2.45, 2.75) is 6.61 Å². The van der Waals surface area contributed by atoms with E-state index >= 15 is 0 Å². The van der Waals surface area contributed by atoms with E-state index in [1.165, 1.54) is 24.3 Å². The second-order valence-corrected chi connectivity index (χ2v) is 6.56. The predicted octanol–water partition coefficient (Wildman–Crippen LogP) is 4.97. The smallest absolute Gasteiger partial charge is 0.337 e. The Morgan fingerprint density at radius 2 is 1.93 bits per heavy atom. The molecule has 0 unspecified atom stereocenters. The van der Waals surface area contributed by atoms with Gasteiger partial charge in [-0.3, -0.25) is 15.5 Å². The highest BCUT2D eigenvalue weighted by Gasteiger charge is 2.09. The van der Waals surface area contributed by atoms with Crippen LogP contribution in [0.2, 0.25) is 5.02 Å². The van der Waals surface area contributed by atoms with E-state index in [9.17, 15) is 14.9 Å². The van der Waals surface area contributed by atoms with Crippen LogP contribution in [0.4, 0.5) is 11.4 Å². The fourth-order valence-corrected chi connectivity index (χ4v) is 2.70. The number of rotatable bonds is 8. The number of nitrogens with one attached hydrogen (secondary N) is 1. The fraction of sp³-hybridized carbons (Fsp3) is 0.0476. The van der Waals surface area contributed by atoms with Crippen LogP contribution in [-0.4, -0.2) is 22.2 Å². The van der Waals surface area contributed by atoms with Crippen molar-refractivity contribution in [3.05, 3.63) is 98.6 Å². The summed E-state index contributed by atoms with van der Waals surface area (Å²) in [7, 11) is 0. The molecule has 0 aliphatic heterocycles. The van der Waals surface area contributed by atoms with Crippen molar-refractivity contribution in [3.63, 3.8) is 0 Å². The van der Waals surface area contributed by atoms with Gasteiger partial charge in [-0.25, -0.2) is 4.79 Å². The Hall–Kier alpha value is -3.91. The van der Waals surface area contributed by atoms with Crippen LogP contribution >= 0.6 is 11.6 Å². The molecular formula is C21H16ClN3O5. The molecule has 0 radical (unpaired) electrons. The average molecular weight is 426 g/mol. The number of nitrogens with zero attached hydrogens (tertiary/aromatic N) is 2. The number of nitro groups is 1. The number of hydrazone groups is 1. The van der Waals surface area contributed by atoms with Gasteiger partial charge in [0, 0.05) is 12.1 Å². The lowest BCUT2D eigenvalue weighted by Crippen LogP contribution is -1.99. The Bertz CT molecular complexity index is 1100. The Labute approximate surface area is 176 Å². The van der Waals surface area contributed by atoms with Crippen molar-refractivity contribution in [3.8, 4) is 5.75 Å². The van der Waals surface area contributed by atoms with Crippen molar-refractivity contribution < 1.29 is 19.6 Å². The molecule has 0 heterocycles. The maximum atomic E-state index is 11.1. The number of anilines is 1. The van der Waals surface area contributed by atoms with E-state index in [2.05, 4.69) is 10.5 Å². The normalized spacial score (nSPS) is 10.7. The lowest BCUT2D eigenvalue weighted by atomic mass is 10.2. The van der Waals surface area contributed by atoms with Crippen LogP contribution in [0.15, 0.2) is 71.8 Å². The van der Waals surface area contributed by atoms with Gasteiger partial charge in [-0.15, -0.1) is 0 Å². The maximum Gasteiger partial charge on any atom is 0.337 e. The topological polar surface area (TPSA) is 114 Å². The summed E-state index contributed by atoms with van der Waals surface area (Å²) in [6, 6.07) is 17.8. The minimum Gasteiger partial charge on any atom is -0.489 e. The monoisotopic (exact) mass is 425 g/mol. The van der Waals surface area contributed by atoms with Crippen molar-refractivity contribution in [1.29, 1.82) is 0 Å². The third-order valence-electron chi connectivity index (χ3n) is 4.01. The number of aromatic carboxylic acids is 1. The minimum atomic E-state index is -1.12. The molecule has 3 rings (SSSR count). The molecule has 30 heavy (non-hydrogen) atoms. The highest BCUT2D eigenvalue weighted by Crippen LogP contribution is 2.21. The number of carbonyl (C=O) groups is 1. The number of hydrogen-bond donors (Lipinski definition) is 2.